The molecule has 4 aliphatic heterocycles. The van der Waals surface area contributed by atoms with Crippen molar-refractivity contribution in [1.29, 1.82) is 0 Å². The van der Waals surface area contributed by atoms with Gasteiger partial charge in [0.2, 0.25) is 0 Å². The minimum absolute atomic E-state index is 0.0495. The second-order valence-corrected chi connectivity index (χ2v) is 9.15. The molecule has 1 unspecified atom stereocenters. The number of cyclic esters (lactones) is 1. The Morgan fingerprint density at radius 2 is 1.53 bits per heavy atom. The third-order valence-electron chi connectivity index (χ3n) is 7.04. The molecule has 0 bridgehead atoms. The Balaban J connectivity index is 1.17. The van der Waals surface area contributed by atoms with Gasteiger partial charge in [-0.2, -0.15) is 0 Å². The summed E-state index contributed by atoms with van der Waals surface area (Å²) >= 11 is 0. The molecule has 36 heavy (non-hydrogen) atoms. The summed E-state index contributed by atoms with van der Waals surface area (Å²) in [7, 11) is 1.57. The standard InChI is InChI=1S/C24H20F2N4O6/c1-27-18-10-28(11-19(18)36-23(27)33)20-16(25)6-12(7-17(20)26)29-8-13(35-24(29)34)9-30-21(31)14-4-2-3-5-15(14)22(30)32/h2-7,13,18-19H,8-11H2,1H3/t13?,18-,19+/m1/s1. The van der Waals surface area contributed by atoms with E-state index in [0.717, 1.165) is 21.9 Å². The van der Waals surface area contributed by atoms with E-state index in [2.05, 4.69) is 0 Å². The number of carbonyl (C=O) groups excluding carboxylic acids is 4. The molecule has 4 aliphatic rings. The van der Waals surface area contributed by atoms with Crippen LogP contribution in [0, 0.1) is 11.6 Å². The van der Waals surface area contributed by atoms with Gasteiger partial charge in [-0.3, -0.25) is 19.4 Å². The summed E-state index contributed by atoms with van der Waals surface area (Å²) < 4.78 is 40.7. The van der Waals surface area contributed by atoms with Gasteiger partial charge >= 0.3 is 12.2 Å². The van der Waals surface area contributed by atoms with Gasteiger partial charge in [0.25, 0.3) is 11.8 Å². The van der Waals surface area contributed by atoms with Gasteiger partial charge in [-0.1, -0.05) is 12.1 Å². The Morgan fingerprint density at radius 1 is 0.889 bits per heavy atom. The van der Waals surface area contributed by atoms with Gasteiger partial charge in [0.15, 0.2) is 11.6 Å². The van der Waals surface area contributed by atoms with E-state index < -0.39 is 47.8 Å². The van der Waals surface area contributed by atoms with Crippen molar-refractivity contribution in [2.24, 2.45) is 0 Å². The van der Waals surface area contributed by atoms with Crippen molar-refractivity contribution in [3.8, 4) is 0 Å². The van der Waals surface area contributed by atoms with E-state index in [1.54, 1.807) is 31.3 Å². The molecule has 3 fully saturated rings. The van der Waals surface area contributed by atoms with E-state index in [4.69, 9.17) is 9.47 Å². The van der Waals surface area contributed by atoms with Crippen molar-refractivity contribution in [3.63, 3.8) is 0 Å². The minimum atomic E-state index is -0.879. The smallest absolute Gasteiger partial charge is 0.414 e. The Labute approximate surface area is 203 Å². The maximum absolute atomic E-state index is 15.1. The first-order chi connectivity index (χ1) is 17.2. The zero-order valence-electron chi connectivity index (χ0n) is 19.0. The molecule has 0 spiro atoms. The van der Waals surface area contributed by atoms with Gasteiger partial charge in [0.1, 0.15) is 17.9 Å². The Hall–Kier alpha value is -4.22. The second-order valence-electron chi connectivity index (χ2n) is 9.15. The molecule has 0 saturated carbocycles. The highest BCUT2D eigenvalue weighted by molar-refractivity contribution is 6.21. The van der Waals surface area contributed by atoms with Crippen LogP contribution in [-0.4, -0.2) is 85.3 Å². The van der Waals surface area contributed by atoms with Gasteiger partial charge in [0, 0.05) is 25.7 Å². The van der Waals surface area contributed by atoms with E-state index in [1.165, 1.54) is 9.80 Å². The van der Waals surface area contributed by atoms with Crippen LogP contribution in [0.25, 0.3) is 0 Å². The number of hydrogen-bond donors (Lipinski definition) is 0. The predicted molar refractivity (Wildman–Crippen MR) is 120 cm³/mol. The number of fused-ring (bicyclic) bond motifs is 2. The van der Waals surface area contributed by atoms with E-state index >= 15 is 8.78 Å². The number of carbonyl (C=O) groups is 4. The van der Waals surface area contributed by atoms with E-state index in [9.17, 15) is 19.2 Å². The molecular weight excluding hydrogens is 478 g/mol. The van der Waals surface area contributed by atoms with Crippen LogP contribution in [0.1, 0.15) is 20.7 Å². The molecule has 4 amide bonds. The maximum Gasteiger partial charge on any atom is 0.414 e. The normalized spacial score (nSPS) is 25.0. The van der Waals surface area contributed by atoms with Gasteiger partial charge < -0.3 is 19.3 Å². The van der Waals surface area contributed by atoms with E-state index in [0.29, 0.717) is 0 Å². The monoisotopic (exact) mass is 498 g/mol. The first-order valence-electron chi connectivity index (χ1n) is 11.3. The Morgan fingerprint density at radius 3 is 2.14 bits per heavy atom. The molecule has 3 atom stereocenters. The average Bonchev–Trinajstić information content (AvgIpc) is 3.55. The van der Waals surface area contributed by atoms with Crippen LogP contribution < -0.4 is 9.80 Å². The van der Waals surface area contributed by atoms with Crippen molar-refractivity contribution in [3.05, 3.63) is 59.2 Å². The molecule has 0 radical (unpaired) electrons. The second kappa shape index (κ2) is 7.90. The number of nitrogens with zero attached hydrogens (tertiary/aromatic N) is 4. The summed E-state index contributed by atoms with van der Waals surface area (Å²) in [5, 5.41) is 0. The Kier molecular flexibility index (Phi) is 4.88. The number of hydrogen-bond acceptors (Lipinski definition) is 7. The molecule has 0 N–H and O–H groups in total. The number of amides is 4. The summed E-state index contributed by atoms with van der Waals surface area (Å²) in [5.41, 5.74) is 0.227. The van der Waals surface area contributed by atoms with Crippen LogP contribution >= 0.6 is 0 Å². The predicted octanol–water partition coefficient (Wildman–Crippen LogP) is 2.23. The molecule has 12 heteroatoms. The number of likely N-dealkylation sites (N-methyl/N-ethyl adjacent to an activating group) is 1. The molecule has 4 heterocycles. The summed E-state index contributed by atoms with van der Waals surface area (Å²) in [4.78, 5) is 54.3. The van der Waals surface area contributed by atoms with Gasteiger partial charge in [0.05, 0.1) is 42.5 Å². The highest BCUT2D eigenvalue weighted by Crippen LogP contribution is 2.36. The summed E-state index contributed by atoms with van der Waals surface area (Å²) in [6, 6.07) is 8.15. The molecule has 0 aliphatic carbocycles. The molecule has 186 valence electrons. The molecule has 2 aromatic carbocycles. The van der Waals surface area contributed by atoms with Gasteiger partial charge in [-0.05, 0) is 12.1 Å². The number of benzene rings is 2. The lowest BCUT2D eigenvalue weighted by molar-refractivity contribution is 0.0558. The lowest BCUT2D eigenvalue weighted by Gasteiger charge is -2.23. The highest BCUT2D eigenvalue weighted by Gasteiger charge is 2.47. The summed E-state index contributed by atoms with van der Waals surface area (Å²) in [5.74, 6) is -2.73. The summed E-state index contributed by atoms with van der Waals surface area (Å²) in [6.07, 6.45) is -2.66. The largest absolute Gasteiger partial charge is 0.442 e. The van der Waals surface area contributed by atoms with E-state index in [-0.39, 0.29) is 54.7 Å². The molecule has 10 nitrogen and oxygen atoms in total. The molecule has 0 aromatic heterocycles. The highest BCUT2D eigenvalue weighted by atomic mass is 19.1. The van der Waals surface area contributed by atoms with Crippen molar-refractivity contribution in [1.82, 2.24) is 9.80 Å². The van der Waals surface area contributed by atoms with Crippen LogP contribution in [0.2, 0.25) is 0 Å². The van der Waals surface area contributed by atoms with Crippen LogP contribution in [0.15, 0.2) is 36.4 Å². The lowest BCUT2D eigenvalue weighted by atomic mass is 10.1. The van der Waals surface area contributed by atoms with Crippen LogP contribution in [0.4, 0.5) is 29.7 Å². The summed E-state index contributed by atoms with van der Waals surface area (Å²) in [6.45, 7) is 0.0652. The SMILES string of the molecule is CN1C(=O)O[C@H]2CN(c3c(F)cc(N4CC(CN5C(=O)c6ccccc6C5=O)OC4=O)cc3F)C[C@H]21. The first-order valence-corrected chi connectivity index (χ1v) is 11.3. The fraction of sp³-hybridized carbons (Fsp3) is 0.333. The lowest BCUT2D eigenvalue weighted by Crippen LogP contribution is -2.38. The number of imide groups is 1. The fourth-order valence-electron chi connectivity index (χ4n) is 5.22. The third-order valence-corrected chi connectivity index (χ3v) is 7.04. The van der Waals surface area contributed by atoms with Gasteiger partial charge in [-0.25, -0.2) is 18.4 Å². The average molecular weight is 498 g/mol. The molecular formula is C24H20F2N4O6. The maximum atomic E-state index is 15.1. The van der Waals surface area contributed by atoms with Crippen molar-refractivity contribution in [2.45, 2.75) is 18.2 Å². The fourth-order valence-corrected chi connectivity index (χ4v) is 5.22. The van der Waals surface area contributed by atoms with Crippen molar-refractivity contribution in [2.75, 3.05) is 43.0 Å². The van der Waals surface area contributed by atoms with E-state index in [1.807, 2.05) is 0 Å². The van der Waals surface area contributed by atoms with Crippen LogP contribution in [-0.2, 0) is 9.47 Å². The minimum Gasteiger partial charge on any atom is -0.442 e. The van der Waals surface area contributed by atoms with Crippen LogP contribution in [0.3, 0.4) is 0 Å². The topological polar surface area (TPSA) is 99.7 Å². The van der Waals surface area contributed by atoms with Gasteiger partial charge in [-0.15, -0.1) is 0 Å². The third kappa shape index (κ3) is 3.28. The molecule has 3 saturated heterocycles. The van der Waals surface area contributed by atoms with Crippen molar-refractivity contribution < 1.29 is 37.4 Å². The quantitative estimate of drug-likeness (QED) is 0.596. The number of rotatable bonds is 4. The number of anilines is 2. The zero-order valence-corrected chi connectivity index (χ0v) is 19.0. The molecule has 6 rings (SSSR count). The first kappa shape index (κ1) is 22.3. The zero-order chi connectivity index (χ0) is 25.3. The number of ether oxygens (including phenoxy) is 2. The number of halogens is 2. The van der Waals surface area contributed by atoms with Crippen LogP contribution in [0.5, 0.6) is 0 Å². The molecule has 2 aromatic rings. The Bertz CT molecular complexity index is 1280. The van der Waals surface area contributed by atoms with Crippen molar-refractivity contribution >= 4 is 35.4 Å².